The summed E-state index contributed by atoms with van der Waals surface area (Å²) in [6.07, 6.45) is 2.00. The zero-order valence-electron chi connectivity index (χ0n) is 15.4. The number of carbonyl (C=O) groups excluding carboxylic acids is 1. The predicted molar refractivity (Wildman–Crippen MR) is 112 cm³/mol. The molecule has 3 rings (SSSR count). The van der Waals surface area contributed by atoms with Gasteiger partial charge in [-0.15, -0.1) is 5.10 Å². The van der Waals surface area contributed by atoms with E-state index in [9.17, 15) is 14.9 Å². The van der Waals surface area contributed by atoms with Gasteiger partial charge in [-0.2, -0.15) is 5.10 Å². The lowest BCUT2D eigenvalue weighted by atomic mass is 10.1. The SMILES string of the molecule is CN(C)c1ccc(/C=N\N=C2/NC(=O)[C@H](Cc3cccc([N+](=O)[O-])c3)S2)cc1. The van der Waals surface area contributed by atoms with Gasteiger partial charge < -0.3 is 10.2 Å². The first-order valence-electron chi connectivity index (χ1n) is 8.51. The van der Waals surface area contributed by atoms with Gasteiger partial charge in [0.15, 0.2) is 5.17 Å². The minimum atomic E-state index is -0.446. The van der Waals surface area contributed by atoms with Crippen molar-refractivity contribution in [3.05, 3.63) is 69.8 Å². The van der Waals surface area contributed by atoms with Crippen LogP contribution in [0.4, 0.5) is 11.4 Å². The number of carbonyl (C=O) groups is 1. The summed E-state index contributed by atoms with van der Waals surface area (Å²) in [6.45, 7) is 0. The quantitative estimate of drug-likeness (QED) is 0.459. The second-order valence-corrected chi connectivity index (χ2v) is 7.55. The molecule has 0 bridgehead atoms. The number of nitro benzene ring substituents is 1. The standard InChI is InChI=1S/C19H19N5O3S/c1-23(2)15-8-6-13(7-9-15)12-20-22-19-21-18(25)17(28-19)11-14-4-3-5-16(10-14)24(26)27/h3-10,12,17H,11H2,1-2H3,(H,21,22,25)/b20-12-/t17-/m0/s1. The highest BCUT2D eigenvalue weighted by Gasteiger charge is 2.30. The van der Waals surface area contributed by atoms with E-state index in [1.807, 2.05) is 43.3 Å². The molecule has 1 atom stereocenters. The van der Waals surface area contributed by atoms with E-state index in [4.69, 9.17) is 0 Å². The Bertz CT molecular complexity index is 941. The van der Waals surface area contributed by atoms with Crippen LogP contribution >= 0.6 is 11.8 Å². The molecule has 0 radical (unpaired) electrons. The van der Waals surface area contributed by atoms with E-state index in [-0.39, 0.29) is 11.6 Å². The maximum absolute atomic E-state index is 12.1. The summed E-state index contributed by atoms with van der Waals surface area (Å²) in [4.78, 5) is 24.6. The summed E-state index contributed by atoms with van der Waals surface area (Å²) in [6, 6.07) is 14.1. The van der Waals surface area contributed by atoms with Gasteiger partial charge in [0.25, 0.3) is 5.69 Å². The number of nitrogens with zero attached hydrogens (tertiary/aromatic N) is 4. The lowest BCUT2D eigenvalue weighted by Crippen LogP contribution is -2.25. The van der Waals surface area contributed by atoms with E-state index in [0.717, 1.165) is 16.8 Å². The van der Waals surface area contributed by atoms with E-state index in [1.54, 1.807) is 18.3 Å². The van der Waals surface area contributed by atoms with E-state index in [2.05, 4.69) is 15.5 Å². The van der Waals surface area contributed by atoms with Crippen molar-refractivity contribution < 1.29 is 9.72 Å². The number of anilines is 1. The van der Waals surface area contributed by atoms with Gasteiger partial charge in [0.2, 0.25) is 5.91 Å². The first-order valence-corrected chi connectivity index (χ1v) is 9.39. The van der Waals surface area contributed by atoms with Crippen molar-refractivity contribution in [2.24, 2.45) is 10.2 Å². The van der Waals surface area contributed by atoms with Crippen LogP contribution in [0.3, 0.4) is 0 Å². The molecule has 1 N–H and O–H groups in total. The van der Waals surface area contributed by atoms with Crippen LogP contribution in [0.2, 0.25) is 0 Å². The number of nitro groups is 1. The second kappa shape index (κ2) is 8.66. The van der Waals surface area contributed by atoms with E-state index >= 15 is 0 Å². The smallest absolute Gasteiger partial charge is 0.269 e. The topological polar surface area (TPSA) is 100 Å². The predicted octanol–water partition coefficient (Wildman–Crippen LogP) is 2.83. The third kappa shape index (κ3) is 4.95. The molecule has 0 spiro atoms. The normalized spacial score (nSPS) is 17.9. The molecule has 1 amide bonds. The fourth-order valence-corrected chi connectivity index (χ4v) is 3.57. The molecule has 0 saturated carbocycles. The summed E-state index contributed by atoms with van der Waals surface area (Å²) in [5, 5.41) is 21.7. The summed E-state index contributed by atoms with van der Waals surface area (Å²) >= 11 is 1.27. The van der Waals surface area contributed by atoms with Crippen LogP contribution in [-0.4, -0.2) is 41.6 Å². The Hall–Kier alpha value is -3.20. The third-order valence-corrected chi connectivity index (χ3v) is 5.16. The van der Waals surface area contributed by atoms with Gasteiger partial charge >= 0.3 is 0 Å². The van der Waals surface area contributed by atoms with E-state index in [1.165, 1.54) is 23.9 Å². The molecule has 144 valence electrons. The monoisotopic (exact) mass is 397 g/mol. The molecule has 1 aliphatic rings. The van der Waals surface area contributed by atoms with Crippen molar-refractivity contribution in [1.82, 2.24) is 5.32 Å². The molecule has 1 aliphatic heterocycles. The van der Waals surface area contributed by atoms with E-state index < -0.39 is 10.2 Å². The number of nitrogens with one attached hydrogen (secondary N) is 1. The molecule has 28 heavy (non-hydrogen) atoms. The Morgan fingerprint density at radius 1 is 1.25 bits per heavy atom. The number of rotatable bonds is 6. The molecule has 0 aliphatic carbocycles. The van der Waals surface area contributed by atoms with Crippen molar-refractivity contribution in [3.8, 4) is 0 Å². The molecule has 1 fully saturated rings. The lowest BCUT2D eigenvalue weighted by molar-refractivity contribution is -0.384. The molecule has 9 heteroatoms. The molecule has 1 heterocycles. The molecule has 0 unspecified atom stereocenters. The Labute approximate surface area is 166 Å². The highest BCUT2D eigenvalue weighted by Crippen LogP contribution is 2.25. The van der Waals surface area contributed by atoms with E-state index in [0.29, 0.717) is 11.6 Å². The Morgan fingerprint density at radius 2 is 2.00 bits per heavy atom. The number of amides is 1. The van der Waals surface area contributed by atoms with Gasteiger partial charge in [0.1, 0.15) is 0 Å². The van der Waals surface area contributed by atoms with Crippen molar-refractivity contribution in [1.29, 1.82) is 0 Å². The summed E-state index contributed by atoms with van der Waals surface area (Å²) in [5.41, 5.74) is 2.73. The Kier molecular flexibility index (Phi) is 6.05. The van der Waals surface area contributed by atoms with Crippen molar-refractivity contribution in [3.63, 3.8) is 0 Å². The van der Waals surface area contributed by atoms with Gasteiger partial charge in [0.05, 0.1) is 16.4 Å². The molecular formula is C19H19N5O3S. The second-order valence-electron chi connectivity index (χ2n) is 6.36. The van der Waals surface area contributed by atoms with Gasteiger partial charge in [0, 0.05) is 31.9 Å². The fourth-order valence-electron chi connectivity index (χ4n) is 2.60. The molecule has 2 aromatic rings. The zero-order valence-corrected chi connectivity index (χ0v) is 16.2. The van der Waals surface area contributed by atoms with Crippen LogP contribution in [0.5, 0.6) is 0 Å². The molecular weight excluding hydrogens is 378 g/mol. The van der Waals surface area contributed by atoms with Crippen LogP contribution in [0.25, 0.3) is 0 Å². The van der Waals surface area contributed by atoms with Crippen molar-refractivity contribution >= 4 is 40.4 Å². The van der Waals surface area contributed by atoms with Crippen LogP contribution < -0.4 is 10.2 Å². The summed E-state index contributed by atoms with van der Waals surface area (Å²) in [5.74, 6) is -0.180. The number of thioether (sulfide) groups is 1. The zero-order chi connectivity index (χ0) is 20.1. The van der Waals surface area contributed by atoms with Crippen molar-refractivity contribution in [2.75, 3.05) is 19.0 Å². The number of non-ortho nitro benzene ring substituents is 1. The highest BCUT2D eigenvalue weighted by molar-refractivity contribution is 8.15. The molecule has 8 nitrogen and oxygen atoms in total. The lowest BCUT2D eigenvalue weighted by Gasteiger charge is -2.11. The van der Waals surface area contributed by atoms with Crippen LogP contribution in [0.1, 0.15) is 11.1 Å². The molecule has 1 saturated heterocycles. The number of benzene rings is 2. The summed E-state index contributed by atoms with van der Waals surface area (Å²) < 4.78 is 0. The van der Waals surface area contributed by atoms with Gasteiger partial charge in [-0.1, -0.05) is 36.0 Å². The molecule has 0 aromatic heterocycles. The Morgan fingerprint density at radius 3 is 2.68 bits per heavy atom. The van der Waals surface area contributed by atoms with Crippen LogP contribution in [0.15, 0.2) is 58.7 Å². The van der Waals surface area contributed by atoms with Gasteiger partial charge in [-0.05, 0) is 29.7 Å². The summed E-state index contributed by atoms with van der Waals surface area (Å²) in [7, 11) is 3.94. The first kappa shape index (κ1) is 19.6. The van der Waals surface area contributed by atoms with Gasteiger partial charge in [-0.25, -0.2) is 0 Å². The number of hydrogen-bond donors (Lipinski definition) is 1. The maximum Gasteiger partial charge on any atom is 0.269 e. The largest absolute Gasteiger partial charge is 0.378 e. The average molecular weight is 397 g/mol. The first-order chi connectivity index (χ1) is 13.4. The van der Waals surface area contributed by atoms with Crippen LogP contribution in [-0.2, 0) is 11.2 Å². The number of hydrogen-bond acceptors (Lipinski definition) is 7. The number of amidine groups is 1. The molecule has 2 aromatic carbocycles. The van der Waals surface area contributed by atoms with Crippen LogP contribution in [0, 0.1) is 10.1 Å². The van der Waals surface area contributed by atoms with Crippen molar-refractivity contribution in [2.45, 2.75) is 11.7 Å². The minimum Gasteiger partial charge on any atom is -0.378 e. The highest BCUT2D eigenvalue weighted by atomic mass is 32.2. The third-order valence-electron chi connectivity index (χ3n) is 4.08. The average Bonchev–Trinajstić information content (AvgIpc) is 3.01. The maximum atomic E-state index is 12.1. The fraction of sp³-hybridized carbons (Fsp3) is 0.211. The Balaban J connectivity index is 1.62. The minimum absolute atomic E-state index is 0.0136. The van der Waals surface area contributed by atoms with Gasteiger partial charge in [-0.3, -0.25) is 14.9 Å².